The highest BCUT2D eigenvalue weighted by molar-refractivity contribution is 7.80. The van der Waals surface area contributed by atoms with Crippen LogP contribution < -0.4 is 0 Å². The van der Waals surface area contributed by atoms with Crippen LogP contribution in [-0.2, 0) is 9.53 Å². The molecular formula is C26H50O2S. The molecule has 0 amide bonds. The van der Waals surface area contributed by atoms with Gasteiger partial charge in [0.1, 0.15) is 6.61 Å². The van der Waals surface area contributed by atoms with Crippen LogP contribution in [0.2, 0.25) is 0 Å². The minimum Gasteiger partial charge on any atom is -0.465 e. The Labute approximate surface area is 188 Å². The Balaban J connectivity index is 3.13. The lowest BCUT2D eigenvalue weighted by atomic mass is 10.0. The Kier molecular flexibility index (Phi) is 25.2. The molecule has 0 heterocycles. The molecule has 0 bridgehead atoms. The molecule has 0 rings (SSSR count). The van der Waals surface area contributed by atoms with Gasteiger partial charge < -0.3 is 4.74 Å². The summed E-state index contributed by atoms with van der Waals surface area (Å²) in [6, 6.07) is 0. The van der Waals surface area contributed by atoms with Crippen molar-refractivity contribution in [3.05, 3.63) is 12.2 Å². The first-order valence-corrected chi connectivity index (χ1v) is 13.4. The number of hydrogen-bond donors (Lipinski definition) is 1. The van der Waals surface area contributed by atoms with Crippen molar-refractivity contribution in [2.75, 3.05) is 12.4 Å². The predicted molar refractivity (Wildman–Crippen MR) is 132 cm³/mol. The van der Waals surface area contributed by atoms with E-state index in [9.17, 15) is 4.79 Å². The van der Waals surface area contributed by atoms with Gasteiger partial charge in [0.05, 0.1) is 0 Å². The number of carbonyl (C=O) groups excluding carboxylic acids is 1. The normalized spacial score (nSPS) is 11.4. The Bertz CT molecular complexity index is 355. The molecule has 2 nitrogen and oxygen atoms in total. The molecule has 0 fully saturated rings. The maximum atomic E-state index is 11.3. The summed E-state index contributed by atoms with van der Waals surface area (Å²) in [4.78, 5) is 11.3. The van der Waals surface area contributed by atoms with Gasteiger partial charge in [-0.1, -0.05) is 109 Å². The first-order valence-electron chi connectivity index (χ1n) is 12.7. The topological polar surface area (TPSA) is 26.3 Å². The first-order chi connectivity index (χ1) is 14.3. The van der Waals surface area contributed by atoms with E-state index in [1.807, 2.05) is 0 Å². The van der Waals surface area contributed by atoms with E-state index in [1.54, 1.807) is 0 Å². The second kappa shape index (κ2) is 25.6. The standard InChI is InChI=1S/C26H50O2S/c1-2-3-4-5-6-7-8-9-10-11-12-13-14-15-16-17-18-19-20-21-22-23-26(27)28-24-25-29/h17-18,29H,2-16,19-25H2,1H3/b18-17+. The third-order valence-electron chi connectivity index (χ3n) is 5.50. The van der Waals surface area contributed by atoms with Crippen molar-refractivity contribution < 1.29 is 9.53 Å². The number of ether oxygens (including phenoxy) is 1. The monoisotopic (exact) mass is 426 g/mol. The van der Waals surface area contributed by atoms with Gasteiger partial charge in [-0.2, -0.15) is 12.6 Å². The number of hydrogen-bond acceptors (Lipinski definition) is 3. The fourth-order valence-electron chi connectivity index (χ4n) is 3.63. The lowest BCUT2D eigenvalue weighted by molar-refractivity contribution is -0.143. The summed E-state index contributed by atoms with van der Waals surface area (Å²) in [7, 11) is 0. The zero-order chi connectivity index (χ0) is 21.3. The third-order valence-corrected chi connectivity index (χ3v) is 5.68. The summed E-state index contributed by atoms with van der Waals surface area (Å²) >= 11 is 4.03. The number of rotatable bonds is 23. The molecule has 0 aliphatic heterocycles. The fourth-order valence-corrected chi connectivity index (χ4v) is 3.72. The molecule has 0 atom stereocenters. The van der Waals surface area contributed by atoms with Crippen LogP contribution in [0.25, 0.3) is 0 Å². The van der Waals surface area contributed by atoms with Crippen molar-refractivity contribution in [2.24, 2.45) is 0 Å². The molecule has 0 spiro atoms. The van der Waals surface area contributed by atoms with Crippen LogP contribution in [0.15, 0.2) is 12.2 Å². The molecule has 0 aromatic heterocycles. The van der Waals surface area contributed by atoms with Crippen molar-refractivity contribution >= 4 is 18.6 Å². The van der Waals surface area contributed by atoms with Crippen molar-refractivity contribution in [3.8, 4) is 0 Å². The Morgan fingerprint density at radius 2 is 1.07 bits per heavy atom. The molecule has 0 aliphatic carbocycles. The lowest BCUT2D eigenvalue weighted by Gasteiger charge is -2.03. The van der Waals surface area contributed by atoms with Gasteiger partial charge in [-0.25, -0.2) is 0 Å². The van der Waals surface area contributed by atoms with Crippen LogP contribution in [0.1, 0.15) is 135 Å². The Morgan fingerprint density at radius 3 is 1.52 bits per heavy atom. The van der Waals surface area contributed by atoms with Gasteiger partial charge >= 0.3 is 5.97 Å². The van der Waals surface area contributed by atoms with E-state index in [0.717, 1.165) is 19.3 Å². The zero-order valence-corrected chi connectivity index (χ0v) is 20.4. The number of thiol groups is 1. The molecule has 0 aromatic carbocycles. The van der Waals surface area contributed by atoms with Crippen molar-refractivity contribution in [3.63, 3.8) is 0 Å². The number of carbonyl (C=O) groups is 1. The smallest absolute Gasteiger partial charge is 0.305 e. The molecular weight excluding hydrogens is 376 g/mol. The van der Waals surface area contributed by atoms with Crippen LogP contribution in [0.3, 0.4) is 0 Å². The minimum absolute atomic E-state index is 0.0765. The molecule has 0 aliphatic rings. The van der Waals surface area contributed by atoms with Crippen LogP contribution in [0.4, 0.5) is 0 Å². The van der Waals surface area contributed by atoms with Crippen LogP contribution in [0, 0.1) is 0 Å². The van der Waals surface area contributed by atoms with E-state index in [4.69, 9.17) is 4.74 Å². The average Bonchev–Trinajstić information content (AvgIpc) is 2.73. The largest absolute Gasteiger partial charge is 0.465 e. The summed E-state index contributed by atoms with van der Waals surface area (Å²) in [5, 5.41) is 0. The van der Waals surface area contributed by atoms with E-state index in [2.05, 4.69) is 31.7 Å². The summed E-state index contributed by atoms with van der Waals surface area (Å²) in [5.41, 5.74) is 0. The number of esters is 1. The molecule has 0 N–H and O–H groups in total. The van der Waals surface area contributed by atoms with Crippen molar-refractivity contribution in [1.29, 1.82) is 0 Å². The Hall–Kier alpha value is -0.440. The maximum Gasteiger partial charge on any atom is 0.305 e. The summed E-state index contributed by atoms with van der Waals surface area (Å²) < 4.78 is 5.01. The molecule has 3 heteroatoms. The fraction of sp³-hybridized carbons (Fsp3) is 0.885. The molecule has 29 heavy (non-hydrogen) atoms. The Morgan fingerprint density at radius 1 is 0.655 bits per heavy atom. The average molecular weight is 427 g/mol. The van der Waals surface area contributed by atoms with Crippen LogP contribution in [0.5, 0.6) is 0 Å². The molecule has 172 valence electrons. The molecule has 0 saturated carbocycles. The van der Waals surface area contributed by atoms with Crippen LogP contribution >= 0.6 is 12.6 Å². The van der Waals surface area contributed by atoms with Crippen molar-refractivity contribution in [1.82, 2.24) is 0 Å². The molecule has 0 radical (unpaired) electrons. The SMILES string of the molecule is CCCCCCCCCCCCCCCC/C=C/CCCCCC(=O)OCCS. The predicted octanol–water partition coefficient (Wildman–Crippen LogP) is 8.84. The molecule has 0 unspecified atom stereocenters. The van der Waals surface area contributed by atoms with Gasteiger partial charge in [-0.3, -0.25) is 4.79 Å². The summed E-state index contributed by atoms with van der Waals surface area (Å²) in [6.45, 7) is 2.72. The lowest BCUT2D eigenvalue weighted by Crippen LogP contribution is -2.06. The van der Waals surface area contributed by atoms with Gasteiger partial charge in [-0.05, 0) is 32.1 Å². The number of allylic oxidation sites excluding steroid dienone is 2. The quantitative estimate of drug-likeness (QED) is 0.0764. The van der Waals surface area contributed by atoms with Crippen molar-refractivity contribution in [2.45, 2.75) is 135 Å². The van der Waals surface area contributed by atoms with Gasteiger partial charge in [0.25, 0.3) is 0 Å². The van der Waals surface area contributed by atoms with Gasteiger partial charge in [-0.15, -0.1) is 0 Å². The summed E-state index contributed by atoms with van der Waals surface area (Å²) in [5.74, 6) is 0.531. The van der Waals surface area contributed by atoms with E-state index in [0.29, 0.717) is 18.8 Å². The van der Waals surface area contributed by atoms with E-state index in [-0.39, 0.29) is 5.97 Å². The van der Waals surface area contributed by atoms with E-state index in [1.165, 1.54) is 103 Å². The minimum atomic E-state index is -0.0765. The number of unbranched alkanes of at least 4 members (excludes halogenated alkanes) is 17. The van der Waals surface area contributed by atoms with E-state index >= 15 is 0 Å². The maximum absolute atomic E-state index is 11.3. The second-order valence-electron chi connectivity index (χ2n) is 8.40. The van der Waals surface area contributed by atoms with Crippen LogP contribution in [-0.4, -0.2) is 18.3 Å². The molecule has 0 saturated heterocycles. The van der Waals surface area contributed by atoms with Gasteiger partial charge in [0.15, 0.2) is 0 Å². The second-order valence-corrected chi connectivity index (χ2v) is 8.85. The zero-order valence-electron chi connectivity index (χ0n) is 19.5. The van der Waals surface area contributed by atoms with E-state index < -0.39 is 0 Å². The highest BCUT2D eigenvalue weighted by atomic mass is 32.1. The van der Waals surface area contributed by atoms with Gasteiger partial charge in [0.2, 0.25) is 0 Å². The first kappa shape index (κ1) is 28.6. The highest BCUT2D eigenvalue weighted by Crippen LogP contribution is 2.13. The summed E-state index contributed by atoms with van der Waals surface area (Å²) in [6.07, 6.45) is 30.8. The highest BCUT2D eigenvalue weighted by Gasteiger charge is 2.00. The van der Waals surface area contributed by atoms with Gasteiger partial charge in [0, 0.05) is 12.2 Å². The third kappa shape index (κ3) is 25.5. The molecule has 0 aromatic rings.